The molecule has 0 spiro atoms. The molecule has 2 saturated heterocycles. The van der Waals surface area contributed by atoms with Crippen molar-refractivity contribution >= 4 is 17.7 Å². The number of rotatable bonds is 4. The van der Waals surface area contributed by atoms with E-state index in [1.54, 1.807) is 0 Å². The van der Waals surface area contributed by atoms with Gasteiger partial charge in [0, 0.05) is 23.1 Å². The summed E-state index contributed by atoms with van der Waals surface area (Å²) in [6.07, 6.45) is 4.08. The van der Waals surface area contributed by atoms with E-state index in [2.05, 4.69) is 36.1 Å². The molecule has 0 amide bonds. The van der Waals surface area contributed by atoms with E-state index < -0.39 is 0 Å². The van der Waals surface area contributed by atoms with E-state index >= 15 is 0 Å². The summed E-state index contributed by atoms with van der Waals surface area (Å²) >= 11 is 2.01. The van der Waals surface area contributed by atoms with Gasteiger partial charge in [-0.15, -0.1) is 11.8 Å². The number of ether oxygens (including phenoxy) is 1. The van der Waals surface area contributed by atoms with Crippen LogP contribution in [-0.2, 0) is 9.53 Å². The first-order valence-corrected chi connectivity index (χ1v) is 8.72. The molecule has 3 rings (SSSR count). The quantitative estimate of drug-likeness (QED) is 0.799. The number of thioether (sulfide) groups is 1. The highest BCUT2D eigenvalue weighted by Gasteiger charge is 2.27. The highest BCUT2D eigenvalue weighted by atomic mass is 32.2. The summed E-state index contributed by atoms with van der Waals surface area (Å²) < 4.78 is 5.31. The van der Waals surface area contributed by atoms with Gasteiger partial charge in [0.05, 0.1) is 0 Å². The van der Waals surface area contributed by atoms with Crippen molar-refractivity contribution in [3.63, 3.8) is 0 Å². The Morgan fingerprint density at radius 3 is 2.52 bits per heavy atom. The molecule has 0 radical (unpaired) electrons. The molecule has 2 heterocycles. The number of benzene rings is 1. The first-order valence-electron chi connectivity index (χ1n) is 7.84. The molecule has 2 fully saturated rings. The molecule has 1 aromatic rings. The topological polar surface area (TPSA) is 29.5 Å². The van der Waals surface area contributed by atoms with Crippen LogP contribution in [0.25, 0.3) is 0 Å². The molecule has 0 aliphatic carbocycles. The van der Waals surface area contributed by atoms with Crippen molar-refractivity contribution in [3.05, 3.63) is 29.8 Å². The Kier molecular flexibility index (Phi) is 4.86. The number of likely N-dealkylation sites (tertiary alicyclic amines) is 1. The van der Waals surface area contributed by atoms with Gasteiger partial charge in [-0.05, 0) is 51.4 Å². The number of carbonyl (C=O) groups is 1. The molecule has 2 aliphatic rings. The van der Waals surface area contributed by atoms with E-state index in [0.29, 0.717) is 6.42 Å². The lowest BCUT2D eigenvalue weighted by Crippen LogP contribution is -2.39. The first-order chi connectivity index (χ1) is 10.2. The van der Waals surface area contributed by atoms with Gasteiger partial charge in [0.1, 0.15) is 6.10 Å². The van der Waals surface area contributed by atoms with Crippen LogP contribution in [0, 0.1) is 6.92 Å². The molecule has 3 nitrogen and oxygen atoms in total. The fourth-order valence-electron chi connectivity index (χ4n) is 3.02. The number of carbonyl (C=O) groups excluding carboxylic acids is 1. The highest BCUT2D eigenvalue weighted by Crippen LogP contribution is 2.30. The maximum absolute atomic E-state index is 11.1. The van der Waals surface area contributed by atoms with Crippen LogP contribution in [-0.4, -0.2) is 41.9 Å². The van der Waals surface area contributed by atoms with E-state index in [1.807, 2.05) is 11.8 Å². The van der Waals surface area contributed by atoms with E-state index in [0.717, 1.165) is 31.3 Å². The predicted molar refractivity (Wildman–Crippen MR) is 85.6 cm³/mol. The molecule has 0 bridgehead atoms. The second kappa shape index (κ2) is 6.84. The lowest BCUT2D eigenvalue weighted by Gasteiger charge is -2.32. The maximum atomic E-state index is 11.1. The molecule has 0 unspecified atom stereocenters. The highest BCUT2D eigenvalue weighted by molar-refractivity contribution is 8.00. The molecule has 4 heteroatoms. The van der Waals surface area contributed by atoms with Crippen LogP contribution in [0.2, 0.25) is 0 Å². The van der Waals surface area contributed by atoms with Gasteiger partial charge in [-0.2, -0.15) is 0 Å². The van der Waals surface area contributed by atoms with E-state index in [-0.39, 0.29) is 12.1 Å². The Bertz CT molecular complexity index is 480. The summed E-state index contributed by atoms with van der Waals surface area (Å²) in [4.78, 5) is 15.0. The van der Waals surface area contributed by atoms with Crippen LogP contribution in [0.4, 0.5) is 0 Å². The van der Waals surface area contributed by atoms with Gasteiger partial charge in [-0.1, -0.05) is 17.7 Å². The van der Waals surface area contributed by atoms with Crippen molar-refractivity contribution in [2.75, 3.05) is 19.6 Å². The monoisotopic (exact) mass is 305 g/mol. The minimum atomic E-state index is -0.0233. The molecule has 2 aliphatic heterocycles. The maximum Gasteiger partial charge on any atom is 0.306 e. The van der Waals surface area contributed by atoms with Gasteiger partial charge in [-0.3, -0.25) is 9.69 Å². The van der Waals surface area contributed by atoms with Crippen LogP contribution in [0.1, 0.15) is 31.2 Å². The zero-order valence-electron chi connectivity index (χ0n) is 12.6. The van der Waals surface area contributed by atoms with E-state index in [4.69, 9.17) is 4.74 Å². The van der Waals surface area contributed by atoms with Crippen molar-refractivity contribution in [1.82, 2.24) is 4.90 Å². The fourth-order valence-corrected chi connectivity index (χ4v) is 4.14. The molecular weight excluding hydrogens is 282 g/mol. The number of esters is 1. The smallest absolute Gasteiger partial charge is 0.306 e. The Hall–Kier alpha value is -1.00. The molecule has 0 saturated carbocycles. The largest absolute Gasteiger partial charge is 0.461 e. The van der Waals surface area contributed by atoms with Gasteiger partial charge >= 0.3 is 5.97 Å². The molecule has 0 N–H and O–H groups in total. The molecule has 114 valence electrons. The minimum Gasteiger partial charge on any atom is -0.461 e. The van der Waals surface area contributed by atoms with Gasteiger partial charge in [0.2, 0.25) is 0 Å². The number of aryl methyl sites for hydroxylation is 1. The number of cyclic esters (lactones) is 1. The van der Waals surface area contributed by atoms with Gasteiger partial charge in [0.25, 0.3) is 0 Å². The molecular formula is C17H23NO2S. The molecule has 0 aromatic heterocycles. The third kappa shape index (κ3) is 4.24. The van der Waals surface area contributed by atoms with Gasteiger partial charge in [0.15, 0.2) is 0 Å². The number of nitrogens with zero attached hydrogens (tertiary/aromatic N) is 1. The summed E-state index contributed by atoms with van der Waals surface area (Å²) in [6.45, 7) is 5.30. The zero-order valence-corrected chi connectivity index (χ0v) is 13.4. The van der Waals surface area contributed by atoms with Crippen molar-refractivity contribution in [1.29, 1.82) is 0 Å². The van der Waals surface area contributed by atoms with Crippen LogP contribution < -0.4 is 0 Å². The number of hydrogen-bond acceptors (Lipinski definition) is 4. The fraction of sp³-hybridized carbons (Fsp3) is 0.588. The number of piperidine rings is 1. The van der Waals surface area contributed by atoms with Gasteiger partial charge in [-0.25, -0.2) is 0 Å². The summed E-state index contributed by atoms with van der Waals surface area (Å²) in [5, 5.41) is 0.718. The lowest BCUT2D eigenvalue weighted by molar-refractivity contribution is -0.142. The Morgan fingerprint density at radius 2 is 1.90 bits per heavy atom. The Labute approximate surface area is 131 Å². The van der Waals surface area contributed by atoms with Crippen LogP contribution in [0.15, 0.2) is 29.2 Å². The SMILES string of the molecule is Cc1ccc(SC2CCN(C[C@H]3CCC(=O)O3)CC2)cc1. The molecule has 1 atom stereocenters. The Balaban J connectivity index is 1.42. The minimum absolute atomic E-state index is 0.0233. The van der Waals surface area contributed by atoms with Crippen LogP contribution in [0.5, 0.6) is 0 Å². The van der Waals surface area contributed by atoms with Crippen molar-refractivity contribution in [3.8, 4) is 0 Å². The van der Waals surface area contributed by atoms with Crippen molar-refractivity contribution in [2.45, 2.75) is 48.9 Å². The average Bonchev–Trinajstić information content (AvgIpc) is 2.89. The summed E-state index contributed by atoms with van der Waals surface area (Å²) in [7, 11) is 0. The normalized spacial score (nSPS) is 24.2. The van der Waals surface area contributed by atoms with Crippen molar-refractivity contribution < 1.29 is 9.53 Å². The lowest BCUT2D eigenvalue weighted by atomic mass is 10.1. The Morgan fingerprint density at radius 1 is 1.19 bits per heavy atom. The average molecular weight is 305 g/mol. The summed E-state index contributed by atoms with van der Waals surface area (Å²) in [5.74, 6) is -0.0233. The second-order valence-electron chi connectivity index (χ2n) is 6.08. The first kappa shape index (κ1) is 14.9. The predicted octanol–water partition coefficient (Wildman–Crippen LogP) is 3.26. The zero-order chi connectivity index (χ0) is 14.7. The number of hydrogen-bond donors (Lipinski definition) is 0. The van der Waals surface area contributed by atoms with E-state index in [1.165, 1.54) is 23.3 Å². The van der Waals surface area contributed by atoms with Crippen LogP contribution >= 0.6 is 11.8 Å². The van der Waals surface area contributed by atoms with Crippen LogP contribution in [0.3, 0.4) is 0 Å². The van der Waals surface area contributed by atoms with Gasteiger partial charge < -0.3 is 4.74 Å². The molecule has 21 heavy (non-hydrogen) atoms. The molecule has 1 aromatic carbocycles. The third-order valence-electron chi connectivity index (χ3n) is 4.29. The second-order valence-corrected chi connectivity index (χ2v) is 7.46. The standard InChI is InChI=1S/C17H23NO2S/c1-13-2-5-15(6-3-13)21-16-8-10-18(11-9-16)12-14-4-7-17(19)20-14/h2-3,5-6,14,16H,4,7-12H2,1H3/t14-/m1/s1. The summed E-state index contributed by atoms with van der Waals surface area (Å²) in [5.41, 5.74) is 1.32. The summed E-state index contributed by atoms with van der Waals surface area (Å²) in [6, 6.07) is 8.83. The third-order valence-corrected chi connectivity index (χ3v) is 5.64. The van der Waals surface area contributed by atoms with E-state index in [9.17, 15) is 4.79 Å². The van der Waals surface area contributed by atoms with Crippen molar-refractivity contribution in [2.24, 2.45) is 0 Å².